The fourth-order valence-electron chi connectivity index (χ4n) is 4.50. The summed E-state index contributed by atoms with van der Waals surface area (Å²) < 4.78 is 2.13. The Hall–Kier alpha value is -3.58. The fourth-order valence-corrected chi connectivity index (χ4v) is 4.50. The van der Waals surface area contributed by atoms with E-state index in [1.807, 2.05) is 55.5 Å². The second-order valence-corrected chi connectivity index (χ2v) is 10.5. The third-order valence-electron chi connectivity index (χ3n) is 5.32. The van der Waals surface area contributed by atoms with Crippen LogP contribution in [0.25, 0.3) is 16.9 Å². The monoisotopic (exact) mass is 436 g/mol. The molecule has 0 atom stereocenters. The molecule has 4 rings (SSSR count). The molecule has 0 aliphatic carbocycles. The van der Waals surface area contributed by atoms with Gasteiger partial charge in [0.2, 0.25) is 0 Å². The molecule has 0 bridgehead atoms. The molecule has 0 saturated carbocycles. The van der Waals surface area contributed by atoms with Gasteiger partial charge in [0.05, 0.1) is 0 Å². The zero-order valence-corrected chi connectivity index (χ0v) is 20.4. The van der Waals surface area contributed by atoms with Crippen molar-refractivity contribution in [3.63, 3.8) is 0 Å². The number of nitrogens with one attached hydrogen (secondary N) is 1. The standard InChI is InChI=1S/C29H32N4/c1-21-11-9-14-24(30-21)17-16-22-12-10-13-23(19-22)26-27(32-29(5,6)20-28(2,3)4)33-18-8-7-15-25(33)31-26/h7-15,18-19,32H,20H2,1-6H3. The Morgan fingerprint density at radius 3 is 2.42 bits per heavy atom. The number of hydrogen-bond acceptors (Lipinski definition) is 3. The number of fused-ring (bicyclic) bond motifs is 1. The second kappa shape index (κ2) is 8.75. The van der Waals surface area contributed by atoms with E-state index >= 15 is 0 Å². The van der Waals surface area contributed by atoms with E-state index in [-0.39, 0.29) is 11.0 Å². The first-order chi connectivity index (χ1) is 15.6. The molecule has 33 heavy (non-hydrogen) atoms. The lowest BCUT2D eigenvalue weighted by molar-refractivity contribution is 0.302. The highest BCUT2D eigenvalue weighted by Gasteiger charge is 2.28. The molecule has 0 aliphatic rings. The quantitative estimate of drug-likeness (QED) is 0.361. The first kappa shape index (κ1) is 22.6. The fraction of sp³-hybridized carbons (Fsp3) is 0.310. The molecule has 0 radical (unpaired) electrons. The van der Waals surface area contributed by atoms with Crippen molar-refractivity contribution in [1.82, 2.24) is 14.4 Å². The van der Waals surface area contributed by atoms with Crippen LogP contribution in [0.2, 0.25) is 0 Å². The molecule has 0 saturated heterocycles. The van der Waals surface area contributed by atoms with Crippen LogP contribution in [0.4, 0.5) is 5.82 Å². The van der Waals surface area contributed by atoms with Gasteiger partial charge in [-0.3, -0.25) is 4.40 Å². The van der Waals surface area contributed by atoms with Crippen molar-refractivity contribution in [2.45, 2.75) is 53.5 Å². The van der Waals surface area contributed by atoms with E-state index < -0.39 is 0 Å². The first-order valence-corrected chi connectivity index (χ1v) is 11.4. The minimum Gasteiger partial charge on any atom is -0.364 e. The molecule has 0 amide bonds. The third kappa shape index (κ3) is 5.62. The zero-order chi connectivity index (χ0) is 23.6. The van der Waals surface area contributed by atoms with Crippen LogP contribution in [-0.2, 0) is 0 Å². The molecule has 4 aromatic rings. The molecule has 0 spiro atoms. The zero-order valence-electron chi connectivity index (χ0n) is 20.4. The maximum Gasteiger partial charge on any atom is 0.139 e. The van der Waals surface area contributed by atoms with Crippen molar-refractivity contribution in [2.75, 3.05) is 5.32 Å². The predicted molar refractivity (Wildman–Crippen MR) is 137 cm³/mol. The average molecular weight is 437 g/mol. The normalized spacial score (nSPS) is 11.8. The van der Waals surface area contributed by atoms with Crippen LogP contribution in [0.15, 0.2) is 66.9 Å². The number of rotatable bonds is 4. The summed E-state index contributed by atoms with van der Waals surface area (Å²) in [5, 5.41) is 3.80. The lowest BCUT2D eigenvalue weighted by Crippen LogP contribution is -2.36. The molecule has 3 aromatic heterocycles. The SMILES string of the molecule is Cc1cccc(C#Cc2cccc(-c3nc4ccccn4c3NC(C)(C)CC(C)(C)C)c2)n1. The van der Waals surface area contributed by atoms with Gasteiger partial charge < -0.3 is 5.32 Å². The van der Waals surface area contributed by atoms with Gasteiger partial charge in [0.25, 0.3) is 0 Å². The smallest absolute Gasteiger partial charge is 0.139 e. The first-order valence-electron chi connectivity index (χ1n) is 11.4. The molecule has 0 aliphatic heterocycles. The minimum absolute atomic E-state index is 0.104. The van der Waals surface area contributed by atoms with Gasteiger partial charge in [-0.05, 0) is 74.9 Å². The van der Waals surface area contributed by atoms with E-state index in [1.54, 1.807) is 0 Å². The summed E-state index contributed by atoms with van der Waals surface area (Å²) in [6.45, 7) is 13.3. The van der Waals surface area contributed by atoms with Gasteiger partial charge in [-0.1, -0.05) is 51.0 Å². The predicted octanol–water partition coefficient (Wildman–Crippen LogP) is 6.73. The van der Waals surface area contributed by atoms with Crippen molar-refractivity contribution in [3.05, 3.63) is 83.8 Å². The van der Waals surface area contributed by atoms with Crippen LogP contribution in [0.3, 0.4) is 0 Å². The summed E-state index contributed by atoms with van der Waals surface area (Å²) in [5.41, 5.74) is 5.67. The Kier molecular flexibility index (Phi) is 5.99. The Morgan fingerprint density at radius 2 is 1.67 bits per heavy atom. The number of nitrogens with zero attached hydrogens (tertiary/aromatic N) is 3. The summed E-state index contributed by atoms with van der Waals surface area (Å²) in [6, 6.07) is 20.3. The van der Waals surface area contributed by atoms with Gasteiger partial charge in [0.15, 0.2) is 0 Å². The van der Waals surface area contributed by atoms with Crippen molar-refractivity contribution in [2.24, 2.45) is 5.41 Å². The van der Waals surface area contributed by atoms with Gasteiger partial charge in [-0.2, -0.15) is 0 Å². The molecule has 0 fully saturated rings. The summed E-state index contributed by atoms with van der Waals surface area (Å²) in [4.78, 5) is 9.46. The highest BCUT2D eigenvalue weighted by molar-refractivity contribution is 5.77. The lowest BCUT2D eigenvalue weighted by atomic mass is 9.82. The van der Waals surface area contributed by atoms with Crippen LogP contribution in [0.5, 0.6) is 0 Å². The summed E-state index contributed by atoms with van der Waals surface area (Å²) >= 11 is 0. The van der Waals surface area contributed by atoms with Crippen LogP contribution >= 0.6 is 0 Å². The molecule has 0 unspecified atom stereocenters. The van der Waals surface area contributed by atoms with E-state index in [2.05, 4.69) is 79.5 Å². The summed E-state index contributed by atoms with van der Waals surface area (Å²) in [7, 11) is 0. The van der Waals surface area contributed by atoms with Crippen LogP contribution in [-0.4, -0.2) is 19.9 Å². The number of anilines is 1. The molecule has 3 heterocycles. The van der Waals surface area contributed by atoms with Gasteiger partial charge >= 0.3 is 0 Å². The van der Waals surface area contributed by atoms with Crippen LogP contribution < -0.4 is 5.32 Å². The highest BCUT2D eigenvalue weighted by atomic mass is 15.2. The molecule has 4 heteroatoms. The summed E-state index contributed by atoms with van der Waals surface area (Å²) in [6.07, 6.45) is 3.09. The number of aryl methyl sites for hydroxylation is 1. The van der Waals surface area contributed by atoms with Crippen molar-refractivity contribution in [3.8, 4) is 23.1 Å². The number of imidazole rings is 1. The van der Waals surface area contributed by atoms with Crippen LogP contribution in [0.1, 0.15) is 58.0 Å². The van der Waals surface area contributed by atoms with Crippen molar-refractivity contribution < 1.29 is 0 Å². The topological polar surface area (TPSA) is 42.2 Å². The number of pyridine rings is 2. The number of benzene rings is 1. The van der Waals surface area contributed by atoms with E-state index in [0.717, 1.165) is 46.1 Å². The molecule has 1 N–H and O–H groups in total. The number of hydrogen-bond donors (Lipinski definition) is 1. The van der Waals surface area contributed by atoms with E-state index in [4.69, 9.17) is 4.98 Å². The van der Waals surface area contributed by atoms with Gasteiger partial charge in [0.1, 0.15) is 22.9 Å². The number of aromatic nitrogens is 3. The van der Waals surface area contributed by atoms with Crippen molar-refractivity contribution >= 4 is 11.5 Å². The maximum absolute atomic E-state index is 4.97. The second-order valence-electron chi connectivity index (χ2n) is 10.5. The largest absolute Gasteiger partial charge is 0.364 e. The van der Waals surface area contributed by atoms with Gasteiger partial charge in [-0.15, -0.1) is 0 Å². The minimum atomic E-state index is -0.104. The molecule has 4 nitrogen and oxygen atoms in total. The van der Waals surface area contributed by atoms with Gasteiger partial charge in [0, 0.05) is 28.6 Å². The van der Waals surface area contributed by atoms with Crippen molar-refractivity contribution in [1.29, 1.82) is 0 Å². The Bertz CT molecular complexity index is 1340. The molecular weight excluding hydrogens is 404 g/mol. The Labute approximate surface area is 197 Å². The molecule has 168 valence electrons. The highest BCUT2D eigenvalue weighted by Crippen LogP contribution is 2.35. The van der Waals surface area contributed by atoms with E-state index in [1.165, 1.54) is 0 Å². The summed E-state index contributed by atoms with van der Waals surface area (Å²) in [5.74, 6) is 7.45. The molecule has 1 aromatic carbocycles. The maximum atomic E-state index is 4.97. The van der Waals surface area contributed by atoms with E-state index in [0.29, 0.717) is 0 Å². The van der Waals surface area contributed by atoms with Gasteiger partial charge in [-0.25, -0.2) is 9.97 Å². The average Bonchev–Trinajstić information content (AvgIpc) is 3.09. The molecular formula is C29H32N4. The van der Waals surface area contributed by atoms with Crippen LogP contribution in [0, 0.1) is 24.2 Å². The third-order valence-corrected chi connectivity index (χ3v) is 5.32. The Morgan fingerprint density at radius 1 is 0.879 bits per heavy atom. The van der Waals surface area contributed by atoms with E-state index in [9.17, 15) is 0 Å². The lowest BCUT2D eigenvalue weighted by Gasteiger charge is -2.34. The Balaban J connectivity index is 1.75.